The van der Waals surface area contributed by atoms with Crippen molar-refractivity contribution in [2.24, 2.45) is 0 Å². The van der Waals surface area contributed by atoms with Gasteiger partial charge in [-0.2, -0.15) is 0 Å². The molecule has 0 radical (unpaired) electrons. The monoisotopic (exact) mass is 348 g/mol. The molecule has 0 aliphatic carbocycles. The Kier molecular flexibility index (Phi) is 15.9. The fourth-order valence-electron chi connectivity index (χ4n) is 2.22. The van der Waals surface area contributed by atoms with Gasteiger partial charge in [-0.05, 0) is 6.42 Å². The number of nitrogens with one attached hydrogen (secondary N) is 1. The summed E-state index contributed by atoms with van der Waals surface area (Å²) in [6.07, 6.45) is 1.05. The predicted molar refractivity (Wildman–Crippen MR) is 93.7 cm³/mol. The molecule has 1 aliphatic rings. The molecule has 1 heterocycles. The summed E-state index contributed by atoms with van der Waals surface area (Å²) in [5.74, 6) is 0. The van der Waals surface area contributed by atoms with Gasteiger partial charge in [-0.25, -0.2) is 0 Å². The average molecular weight is 348 g/mol. The van der Waals surface area contributed by atoms with Crippen LogP contribution >= 0.6 is 0 Å². The van der Waals surface area contributed by atoms with Crippen LogP contribution in [0, 0.1) is 0 Å². The van der Waals surface area contributed by atoms with Crippen molar-refractivity contribution in [1.82, 2.24) is 10.2 Å². The van der Waals surface area contributed by atoms with E-state index >= 15 is 0 Å². The maximum Gasteiger partial charge on any atom is 0.0701 e. The highest BCUT2D eigenvalue weighted by atomic mass is 16.5. The Labute approximate surface area is 146 Å². The first-order valence-electron chi connectivity index (χ1n) is 9.25. The lowest BCUT2D eigenvalue weighted by atomic mass is 10.4. The molecule has 7 nitrogen and oxygen atoms in total. The van der Waals surface area contributed by atoms with E-state index in [0.29, 0.717) is 39.6 Å². The van der Waals surface area contributed by atoms with Gasteiger partial charge in [0.05, 0.1) is 59.5 Å². The van der Waals surface area contributed by atoms with Crippen molar-refractivity contribution in [1.29, 1.82) is 0 Å². The second kappa shape index (κ2) is 17.5. The summed E-state index contributed by atoms with van der Waals surface area (Å²) >= 11 is 0. The Morgan fingerprint density at radius 3 is 2.00 bits per heavy atom. The minimum absolute atomic E-state index is 0.648. The minimum atomic E-state index is 0.648. The van der Waals surface area contributed by atoms with Gasteiger partial charge in [-0.1, -0.05) is 6.92 Å². The van der Waals surface area contributed by atoms with Crippen molar-refractivity contribution < 1.29 is 23.7 Å². The Bertz CT molecular complexity index is 243. The molecule has 1 rings (SSSR count). The summed E-state index contributed by atoms with van der Waals surface area (Å²) in [5, 5.41) is 3.29. The smallest absolute Gasteiger partial charge is 0.0701 e. The number of rotatable bonds is 8. The van der Waals surface area contributed by atoms with Crippen LogP contribution in [0.5, 0.6) is 0 Å². The van der Waals surface area contributed by atoms with Gasteiger partial charge in [0.1, 0.15) is 0 Å². The third-order valence-corrected chi connectivity index (χ3v) is 3.59. The van der Waals surface area contributed by atoms with Gasteiger partial charge >= 0.3 is 0 Å². The summed E-state index contributed by atoms with van der Waals surface area (Å²) < 4.78 is 27.8. The van der Waals surface area contributed by atoms with Gasteiger partial charge in [0.25, 0.3) is 0 Å². The molecule has 144 valence electrons. The van der Waals surface area contributed by atoms with Crippen molar-refractivity contribution in [2.75, 3.05) is 98.8 Å². The van der Waals surface area contributed by atoms with E-state index in [2.05, 4.69) is 17.1 Å². The normalized spacial score (nSPS) is 20.4. The van der Waals surface area contributed by atoms with Crippen LogP contribution in [0.2, 0.25) is 0 Å². The second-order valence-electron chi connectivity index (χ2n) is 5.65. The molecular formula is C17H36N2O5. The predicted octanol–water partition coefficient (Wildman–Crippen LogP) is 0.385. The molecule has 0 aromatic rings. The zero-order valence-corrected chi connectivity index (χ0v) is 15.3. The standard InChI is InChI=1S/C17H36N2O5/c1-2-8-20-14-16-23-12-6-19-5-11-21-9-3-18-4-10-22-15-17-24-13-7-19/h18H,2-17H2,1H3. The minimum Gasteiger partial charge on any atom is -0.379 e. The largest absolute Gasteiger partial charge is 0.379 e. The number of hydrogen-bond acceptors (Lipinski definition) is 7. The van der Waals surface area contributed by atoms with E-state index in [-0.39, 0.29) is 0 Å². The van der Waals surface area contributed by atoms with E-state index in [1.54, 1.807) is 0 Å². The molecule has 0 amide bonds. The van der Waals surface area contributed by atoms with Crippen LogP contribution < -0.4 is 5.32 Å². The van der Waals surface area contributed by atoms with Crippen molar-refractivity contribution in [2.45, 2.75) is 13.3 Å². The van der Waals surface area contributed by atoms with Crippen LogP contribution in [0.3, 0.4) is 0 Å². The van der Waals surface area contributed by atoms with Crippen LogP contribution in [-0.4, -0.2) is 104 Å². The molecule has 0 spiro atoms. The van der Waals surface area contributed by atoms with E-state index in [4.69, 9.17) is 23.7 Å². The molecular weight excluding hydrogens is 312 g/mol. The van der Waals surface area contributed by atoms with E-state index in [1.807, 2.05) is 0 Å². The topological polar surface area (TPSA) is 61.4 Å². The third kappa shape index (κ3) is 14.1. The molecule has 1 aliphatic heterocycles. The molecule has 1 saturated heterocycles. The molecule has 1 N–H and O–H groups in total. The highest BCUT2D eigenvalue weighted by Crippen LogP contribution is 1.92. The lowest BCUT2D eigenvalue weighted by molar-refractivity contribution is 0.0199. The van der Waals surface area contributed by atoms with Crippen LogP contribution in [0.1, 0.15) is 13.3 Å². The van der Waals surface area contributed by atoms with Gasteiger partial charge in [0, 0.05) is 39.3 Å². The van der Waals surface area contributed by atoms with Gasteiger partial charge in [-0.15, -0.1) is 0 Å². The highest BCUT2D eigenvalue weighted by molar-refractivity contribution is 4.58. The highest BCUT2D eigenvalue weighted by Gasteiger charge is 2.06. The first kappa shape index (κ1) is 21.8. The second-order valence-corrected chi connectivity index (χ2v) is 5.65. The number of nitrogens with zero attached hydrogens (tertiary/aromatic N) is 1. The van der Waals surface area contributed by atoms with Crippen LogP contribution in [0.15, 0.2) is 0 Å². The molecule has 0 aromatic carbocycles. The van der Waals surface area contributed by atoms with Crippen molar-refractivity contribution in [3.8, 4) is 0 Å². The lowest BCUT2D eigenvalue weighted by Crippen LogP contribution is -2.34. The maximum absolute atomic E-state index is 5.67. The Morgan fingerprint density at radius 1 is 0.750 bits per heavy atom. The Hall–Kier alpha value is -0.280. The number of ether oxygens (including phenoxy) is 5. The van der Waals surface area contributed by atoms with Gasteiger partial charge < -0.3 is 29.0 Å². The fraction of sp³-hybridized carbons (Fsp3) is 1.00. The zero-order chi connectivity index (χ0) is 17.1. The molecule has 7 heteroatoms. The van der Waals surface area contributed by atoms with Crippen LogP contribution in [-0.2, 0) is 23.7 Å². The van der Waals surface area contributed by atoms with Gasteiger partial charge in [0.15, 0.2) is 0 Å². The lowest BCUT2D eigenvalue weighted by Gasteiger charge is -2.22. The summed E-state index contributed by atoms with van der Waals surface area (Å²) in [6, 6.07) is 0. The van der Waals surface area contributed by atoms with E-state index in [0.717, 1.165) is 65.6 Å². The van der Waals surface area contributed by atoms with E-state index < -0.39 is 0 Å². The molecule has 24 heavy (non-hydrogen) atoms. The molecule has 0 atom stereocenters. The fourth-order valence-corrected chi connectivity index (χ4v) is 2.22. The summed E-state index contributed by atoms with van der Waals surface area (Å²) in [7, 11) is 0. The van der Waals surface area contributed by atoms with Gasteiger partial charge in [-0.3, -0.25) is 4.90 Å². The van der Waals surface area contributed by atoms with Crippen LogP contribution in [0.4, 0.5) is 0 Å². The summed E-state index contributed by atoms with van der Waals surface area (Å²) in [6.45, 7) is 13.5. The van der Waals surface area contributed by atoms with E-state index in [1.165, 1.54) is 0 Å². The SMILES string of the molecule is CCCOCCOCCN1CCOCCNCCOCCOCC1. The molecule has 1 fully saturated rings. The molecule has 0 bridgehead atoms. The van der Waals surface area contributed by atoms with Crippen LogP contribution in [0.25, 0.3) is 0 Å². The first-order chi connectivity index (χ1) is 11.9. The summed E-state index contributed by atoms with van der Waals surface area (Å²) in [5.41, 5.74) is 0. The summed E-state index contributed by atoms with van der Waals surface area (Å²) in [4.78, 5) is 2.32. The van der Waals surface area contributed by atoms with Crippen molar-refractivity contribution in [3.05, 3.63) is 0 Å². The zero-order valence-electron chi connectivity index (χ0n) is 15.3. The molecule has 0 aromatic heterocycles. The van der Waals surface area contributed by atoms with Gasteiger partial charge in [0.2, 0.25) is 0 Å². The van der Waals surface area contributed by atoms with Crippen molar-refractivity contribution in [3.63, 3.8) is 0 Å². The van der Waals surface area contributed by atoms with Crippen molar-refractivity contribution >= 4 is 0 Å². The first-order valence-corrected chi connectivity index (χ1v) is 9.25. The number of hydrogen-bond donors (Lipinski definition) is 1. The molecule has 0 saturated carbocycles. The molecule has 0 unspecified atom stereocenters. The Morgan fingerprint density at radius 2 is 1.33 bits per heavy atom. The third-order valence-electron chi connectivity index (χ3n) is 3.59. The average Bonchev–Trinajstić information content (AvgIpc) is 2.60. The Balaban J connectivity index is 2.13. The maximum atomic E-state index is 5.67. The van der Waals surface area contributed by atoms with E-state index in [9.17, 15) is 0 Å². The quantitative estimate of drug-likeness (QED) is 0.637.